The van der Waals surface area contributed by atoms with Gasteiger partial charge in [0.2, 0.25) is 5.91 Å². The Morgan fingerprint density at radius 3 is 2.73 bits per heavy atom. The number of nitrogens with one attached hydrogen (secondary N) is 1. The van der Waals surface area contributed by atoms with Gasteiger partial charge in [-0.15, -0.1) is 0 Å². The fourth-order valence-corrected chi connectivity index (χ4v) is 1.79. The molecule has 15 heavy (non-hydrogen) atoms. The molecular weight excluding hydrogens is 210 g/mol. The smallest absolute Gasteiger partial charge is 0.234 e. The van der Waals surface area contributed by atoms with Gasteiger partial charge in [-0.25, -0.2) is 0 Å². The summed E-state index contributed by atoms with van der Waals surface area (Å²) < 4.78 is 0. The molecule has 2 N–H and O–H groups in total. The Morgan fingerprint density at radius 2 is 2.07 bits per heavy atom. The second-order valence-corrected chi connectivity index (χ2v) is 4.15. The maximum Gasteiger partial charge on any atom is 0.234 e. The Balaban J connectivity index is 2.19. The van der Waals surface area contributed by atoms with Crippen molar-refractivity contribution in [3.63, 3.8) is 0 Å². The zero-order valence-electron chi connectivity index (χ0n) is 8.48. The van der Waals surface area contributed by atoms with E-state index in [4.69, 9.17) is 5.11 Å². The van der Waals surface area contributed by atoms with Crippen LogP contribution in [0.3, 0.4) is 0 Å². The maximum absolute atomic E-state index is 11.4. The number of anilines is 1. The van der Waals surface area contributed by atoms with Gasteiger partial charge in [0.1, 0.15) is 0 Å². The molecule has 0 atom stereocenters. The average molecular weight is 225 g/mol. The molecule has 0 aliphatic rings. The van der Waals surface area contributed by atoms with Gasteiger partial charge in [0, 0.05) is 12.3 Å². The molecule has 0 aromatic heterocycles. The fraction of sp³-hybridized carbons (Fsp3) is 0.364. The maximum atomic E-state index is 11.4. The number of thioether (sulfide) groups is 1. The van der Waals surface area contributed by atoms with Crippen molar-refractivity contribution in [1.29, 1.82) is 0 Å². The summed E-state index contributed by atoms with van der Waals surface area (Å²) in [6.45, 7) is 0.188. The third kappa shape index (κ3) is 5.44. The number of aliphatic hydroxyl groups excluding tert-OH is 1. The van der Waals surface area contributed by atoms with Crippen LogP contribution in [-0.2, 0) is 4.79 Å². The number of benzene rings is 1. The molecule has 0 bridgehead atoms. The molecule has 4 heteroatoms. The van der Waals surface area contributed by atoms with Gasteiger partial charge in [0.05, 0.1) is 5.75 Å². The molecule has 0 heterocycles. The van der Waals surface area contributed by atoms with Gasteiger partial charge in [0.25, 0.3) is 0 Å². The number of carbonyl (C=O) groups is 1. The van der Waals surface area contributed by atoms with E-state index in [1.807, 2.05) is 30.3 Å². The molecule has 0 saturated heterocycles. The Labute approximate surface area is 93.9 Å². The molecule has 0 spiro atoms. The van der Waals surface area contributed by atoms with E-state index >= 15 is 0 Å². The van der Waals surface area contributed by atoms with Crippen LogP contribution in [0.5, 0.6) is 0 Å². The summed E-state index contributed by atoms with van der Waals surface area (Å²) >= 11 is 1.53. The normalized spacial score (nSPS) is 9.93. The number of hydrogen-bond acceptors (Lipinski definition) is 3. The lowest BCUT2D eigenvalue weighted by atomic mass is 10.3. The van der Waals surface area contributed by atoms with Gasteiger partial charge in [-0.1, -0.05) is 18.2 Å². The van der Waals surface area contributed by atoms with Crippen LogP contribution >= 0.6 is 11.8 Å². The predicted octanol–water partition coefficient (Wildman–Crippen LogP) is 1.74. The van der Waals surface area contributed by atoms with E-state index in [0.717, 1.165) is 17.9 Å². The molecule has 0 radical (unpaired) electrons. The number of amides is 1. The average Bonchev–Trinajstić information content (AvgIpc) is 2.26. The highest BCUT2D eigenvalue weighted by molar-refractivity contribution is 7.99. The summed E-state index contributed by atoms with van der Waals surface area (Å²) in [5, 5.41) is 11.3. The standard InChI is InChI=1S/C11H15NO2S/c13-7-4-8-15-9-11(14)12-10-5-2-1-3-6-10/h1-3,5-6,13H,4,7-9H2,(H,12,14). The van der Waals surface area contributed by atoms with Crippen molar-refractivity contribution in [2.24, 2.45) is 0 Å². The molecule has 0 fully saturated rings. The van der Waals surface area contributed by atoms with E-state index in [1.54, 1.807) is 0 Å². The minimum Gasteiger partial charge on any atom is -0.396 e. The first-order chi connectivity index (χ1) is 7.33. The second-order valence-electron chi connectivity index (χ2n) is 3.04. The summed E-state index contributed by atoms with van der Waals surface area (Å²) in [4.78, 5) is 11.4. The topological polar surface area (TPSA) is 49.3 Å². The molecule has 0 aliphatic carbocycles. The first-order valence-corrected chi connectivity index (χ1v) is 6.02. The molecule has 1 aromatic rings. The van der Waals surface area contributed by atoms with Crippen molar-refractivity contribution in [2.75, 3.05) is 23.4 Å². The third-order valence-electron chi connectivity index (χ3n) is 1.74. The number of hydrogen-bond donors (Lipinski definition) is 2. The molecule has 1 rings (SSSR count). The fourth-order valence-electron chi connectivity index (χ4n) is 1.05. The third-order valence-corrected chi connectivity index (χ3v) is 2.78. The van der Waals surface area contributed by atoms with Gasteiger partial charge in [0.15, 0.2) is 0 Å². The monoisotopic (exact) mass is 225 g/mol. The Bertz CT molecular complexity index is 290. The van der Waals surface area contributed by atoms with E-state index in [-0.39, 0.29) is 12.5 Å². The van der Waals surface area contributed by atoms with Crippen LogP contribution in [0.1, 0.15) is 6.42 Å². The van der Waals surface area contributed by atoms with Crippen LogP contribution in [0.15, 0.2) is 30.3 Å². The Hall–Kier alpha value is -1.00. The van der Waals surface area contributed by atoms with Crippen molar-refractivity contribution in [3.05, 3.63) is 30.3 Å². The number of aliphatic hydroxyl groups is 1. The van der Waals surface area contributed by atoms with Crippen molar-refractivity contribution >= 4 is 23.4 Å². The molecule has 0 saturated carbocycles. The highest BCUT2D eigenvalue weighted by atomic mass is 32.2. The molecule has 1 amide bonds. The SMILES string of the molecule is O=C(CSCCCO)Nc1ccccc1. The first-order valence-electron chi connectivity index (χ1n) is 4.86. The lowest BCUT2D eigenvalue weighted by molar-refractivity contribution is -0.113. The summed E-state index contributed by atoms with van der Waals surface area (Å²) in [5.74, 6) is 1.26. The van der Waals surface area contributed by atoms with Gasteiger partial charge in [-0.3, -0.25) is 4.79 Å². The molecule has 3 nitrogen and oxygen atoms in total. The summed E-state index contributed by atoms with van der Waals surface area (Å²) in [5.41, 5.74) is 0.824. The van der Waals surface area contributed by atoms with Gasteiger partial charge >= 0.3 is 0 Å². The van der Waals surface area contributed by atoms with Crippen LogP contribution in [0.25, 0.3) is 0 Å². The second kappa shape index (κ2) is 7.31. The van der Waals surface area contributed by atoms with E-state index in [2.05, 4.69) is 5.32 Å². The van der Waals surface area contributed by atoms with Crippen LogP contribution in [0.2, 0.25) is 0 Å². The van der Waals surface area contributed by atoms with E-state index in [0.29, 0.717) is 5.75 Å². The van der Waals surface area contributed by atoms with Crippen molar-refractivity contribution in [3.8, 4) is 0 Å². The zero-order chi connectivity index (χ0) is 10.9. The minimum atomic E-state index is 0.00383. The minimum absolute atomic E-state index is 0.00383. The van der Waals surface area contributed by atoms with E-state index in [9.17, 15) is 4.79 Å². The number of para-hydroxylation sites is 1. The molecular formula is C11H15NO2S. The molecule has 1 aromatic carbocycles. The zero-order valence-corrected chi connectivity index (χ0v) is 9.30. The summed E-state index contributed by atoms with van der Waals surface area (Å²) in [6, 6.07) is 9.39. The van der Waals surface area contributed by atoms with Crippen LogP contribution in [-0.4, -0.2) is 29.1 Å². The lowest BCUT2D eigenvalue weighted by Crippen LogP contribution is -2.14. The molecule has 82 valence electrons. The van der Waals surface area contributed by atoms with Crippen molar-refractivity contribution in [2.45, 2.75) is 6.42 Å². The van der Waals surface area contributed by atoms with Gasteiger partial charge in [-0.05, 0) is 24.3 Å². The van der Waals surface area contributed by atoms with Crippen LogP contribution < -0.4 is 5.32 Å². The first kappa shape index (κ1) is 12.1. The number of rotatable bonds is 6. The van der Waals surface area contributed by atoms with Crippen molar-refractivity contribution < 1.29 is 9.90 Å². The predicted molar refractivity (Wildman–Crippen MR) is 64.1 cm³/mol. The lowest BCUT2D eigenvalue weighted by Gasteiger charge is -2.04. The van der Waals surface area contributed by atoms with Gasteiger partial charge in [-0.2, -0.15) is 11.8 Å². The Morgan fingerprint density at radius 1 is 1.33 bits per heavy atom. The Kier molecular flexibility index (Phi) is 5.88. The summed E-state index contributed by atoms with van der Waals surface area (Å²) in [6.07, 6.45) is 0.739. The highest BCUT2D eigenvalue weighted by Gasteiger charge is 2.01. The molecule has 0 unspecified atom stereocenters. The number of carbonyl (C=O) groups excluding carboxylic acids is 1. The van der Waals surface area contributed by atoms with Crippen LogP contribution in [0, 0.1) is 0 Å². The van der Waals surface area contributed by atoms with Crippen molar-refractivity contribution in [1.82, 2.24) is 0 Å². The molecule has 0 aliphatic heterocycles. The largest absolute Gasteiger partial charge is 0.396 e. The van der Waals surface area contributed by atoms with Gasteiger partial charge < -0.3 is 10.4 Å². The van der Waals surface area contributed by atoms with E-state index in [1.165, 1.54) is 11.8 Å². The van der Waals surface area contributed by atoms with Crippen LogP contribution in [0.4, 0.5) is 5.69 Å². The van der Waals surface area contributed by atoms with E-state index < -0.39 is 0 Å². The highest BCUT2D eigenvalue weighted by Crippen LogP contribution is 2.07. The summed E-state index contributed by atoms with van der Waals surface area (Å²) in [7, 11) is 0. The quantitative estimate of drug-likeness (QED) is 0.725.